The number of carbonyl (C=O) groups is 2. The predicted octanol–water partition coefficient (Wildman–Crippen LogP) is 4.09. The van der Waals surface area contributed by atoms with Crippen LogP contribution in [0.5, 0.6) is 0 Å². The molecule has 2 aromatic heterocycles. The van der Waals surface area contributed by atoms with Crippen molar-refractivity contribution in [3.05, 3.63) is 72.4 Å². The number of anilines is 1. The van der Waals surface area contributed by atoms with E-state index in [0.717, 1.165) is 16.5 Å². The lowest BCUT2D eigenvalue weighted by Crippen LogP contribution is -2.48. The number of alkyl halides is 3. The number of ether oxygens (including phenoxy) is 1. The van der Waals surface area contributed by atoms with E-state index in [-0.39, 0.29) is 11.5 Å². The Balaban J connectivity index is 1.50. The summed E-state index contributed by atoms with van der Waals surface area (Å²) in [5.41, 5.74) is 9.31. The average Bonchev–Trinajstić information content (AvgIpc) is 2.96. The van der Waals surface area contributed by atoms with Crippen LogP contribution in [0, 0.1) is 0 Å². The van der Waals surface area contributed by atoms with Crippen LogP contribution in [0.1, 0.15) is 18.7 Å². The Morgan fingerprint density at radius 3 is 2.25 bits per heavy atom. The number of halogens is 3. The lowest BCUT2D eigenvalue weighted by atomic mass is 9.97. The third kappa shape index (κ3) is 5.71. The second-order valence-electron chi connectivity index (χ2n) is 9.27. The molecule has 0 aliphatic carbocycles. The molecule has 206 valence electrons. The Hall–Kier alpha value is -4.58. The highest BCUT2D eigenvalue weighted by Gasteiger charge is 2.42. The summed E-state index contributed by atoms with van der Waals surface area (Å²) in [5.74, 6) is -1.82. The van der Waals surface area contributed by atoms with Gasteiger partial charge in [-0.25, -0.2) is 14.8 Å². The SMILES string of the molecule is CC(=O)N1CCN(c2ncc3cc(-c4ccccc4)c(-c4ccc(C(N)OC(=O)C(F)(F)F)cc4)nc3n2)CC1. The molecule has 1 atom stereocenters. The van der Waals surface area contributed by atoms with Crippen LogP contribution in [-0.4, -0.2) is 64.1 Å². The van der Waals surface area contributed by atoms with Crippen LogP contribution in [0.3, 0.4) is 0 Å². The standard InChI is InChI=1S/C28H25F3N6O3/c1-17(38)36-11-13-37(14-12-36)27-33-16-21-15-22(18-5-3-2-4-6-18)23(34-25(21)35-27)19-7-9-20(10-8-19)24(32)40-26(39)28(29,30)31/h2-10,15-16,24H,11-14,32H2,1H3. The number of hydrogen-bond donors (Lipinski definition) is 1. The van der Waals surface area contributed by atoms with Gasteiger partial charge in [0, 0.05) is 61.4 Å². The first-order chi connectivity index (χ1) is 19.1. The zero-order chi connectivity index (χ0) is 28.4. The van der Waals surface area contributed by atoms with E-state index in [1.54, 1.807) is 30.2 Å². The van der Waals surface area contributed by atoms with E-state index in [1.807, 2.05) is 41.3 Å². The van der Waals surface area contributed by atoms with Crippen molar-refractivity contribution < 1.29 is 27.5 Å². The molecule has 9 nitrogen and oxygen atoms in total. The van der Waals surface area contributed by atoms with Gasteiger partial charge >= 0.3 is 12.1 Å². The van der Waals surface area contributed by atoms with Crippen molar-refractivity contribution in [3.8, 4) is 22.4 Å². The van der Waals surface area contributed by atoms with E-state index in [4.69, 9.17) is 15.7 Å². The van der Waals surface area contributed by atoms with E-state index in [0.29, 0.717) is 49.0 Å². The zero-order valence-corrected chi connectivity index (χ0v) is 21.4. The lowest BCUT2D eigenvalue weighted by molar-refractivity contribution is -0.205. The Kier molecular flexibility index (Phi) is 7.35. The van der Waals surface area contributed by atoms with E-state index in [9.17, 15) is 22.8 Å². The smallest absolute Gasteiger partial charge is 0.436 e. The number of hydrogen-bond acceptors (Lipinski definition) is 8. The van der Waals surface area contributed by atoms with Gasteiger partial charge < -0.3 is 14.5 Å². The minimum absolute atomic E-state index is 0.0318. The monoisotopic (exact) mass is 550 g/mol. The highest BCUT2D eigenvalue weighted by molar-refractivity contribution is 5.90. The molecule has 1 unspecified atom stereocenters. The summed E-state index contributed by atoms with van der Waals surface area (Å²) in [4.78, 5) is 40.8. The van der Waals surface area contributed by atoms with Crippen molar-refractivity contribution in [3.63, 3.8) is 0 Å². The second-order valence-corrected chi connectivity index (χ2v) is 9.27. The molecule has 0 saturated carbocycles. The summed E-state index contributed by atoms with van der Waals surface area (Å²) in [5, 5.41) is 0.728. The molecule has 0 bridgehead atoms. The number of nitrogens with zero attached hydrogens (tertiary/aromatic N) is 5. The fraction of sp³-hybridized carbons (Fsp3) is 0.250. The minimum atomic E-state index is -5.14. The molecule has 5 rings (SSSR count). The van der Waals surface area contributed by atoms with Gasteiger partial charge in [0.1, 0.15) is 0 Å². The average molecular weight is 551 g/mol. The van der Waals surface area contributed by atoms with Crippen molar-refractivity contribution >= 4 is 28.9 Å². The minimum Gasteiger partial charge on any atom is -0.436 e. The summed E-state index contributed by atoms with van der Waals surface area (Å²) >= 11 is 0. The quantitative estimate of drug-likeness (QED) is 0.292. The maximum Gasteiger partial charge on any atom is 0.490 e. The molecule has 1 aliphatic heterocycles. The molecule has 1 aliphatic rings. The normalized spacial score (nSPS) is 14.7. The van der Waals surface area contributed by atoms with Crippen molar-refractivity contribution in [2.45, 2.75) is 19.3 Å². The number of esters is 1. The highest BCUT2D eigenvalue weighted by atomic mass is 19.4. The molecule has 1 amide bonds. The molecular formula is C28H25F3N6O3. The van der Waals surface area contributed by atoms with Gasteiger partial charge in [0.05, 0.1) is 5.69 Å². The van der Waals surface area contributed by atoms with Crippen molar-refractivity contribution in [2.24, 2.45) is 5.73 Å². The predicted molar refractivity (Wildman–Crippen MR) is 142 cm³/mol. The van der Waals surface area contributed by atoms with Gasteiger partial charge in [-0.05, 0) is 11.6 Å². The number of amides is 1. The maximum absolute atomic E-state index is 12.6. The molecule has 1 fully saturated rings. The maximum atomic E-state index is 12.6. The van der Waals surface area contributed by atoms with Crippen LogP contribution in [0.4, 0.5) is 19.1 Å². The highest BCUT2D eigenvalue weighted by Crippen LogP contribution is 2.34. The van der Waals surface area contributed by atoms with Gasteiger partial charge in [-0.15, -0.1) is 0 Å². The second kappa shape index (κ2) is 10.9. The van der Waals surface area contributed by atoms with Crippen molar-refractivity contribution in [1.82, 2.24) is 19.9 Å². The van der Waals surface area contributed by atoms with Crippen LogP contribution in [-0.2, 0) is 14.3 Å². The van der Waals surface area contributed by atoms with Gasteiger partial charge in [0.2, 0.25) is 11.9 Å². The molecule has 12 heteroatoms. The molecule has 0 spiro atoms. The van der Waals surface area contributed by atoms with Crippen LogP contribution in [0.2, 0.25) is 0 Å². The van der Waals surface area contributed by atoms with Crippen LogP contribution in [0.15, 0.2) is 66.9 Å². The summed E-state index contributed by atoms with van der Waals surface area (Å²) in [6.45, 7) is 3.90. The van der Waals surface area contributed by atoms with Crippen molar-refractivity contribution in [1.29, 1.82) is 0 Å². The molecule has 40 heavy (non-hydrogen) atoms. The number of benzene rings is 2. The van der Waals surface area contributed by atoms with Gasteiger partial charge in [0.15, 0.2) is 11.9 Å². The van der Waals surface area contributed by atoms with Gasteiger partial charge in [-0.2, -0.15) is 18.2 Å². The van der Waals surface area contributed by atoms with E-state index >= 15 is 0 Å². The van der Waals surface area contributed by atoms with E-state index in [2.05, 4.69) is 9.72 Å². The number of rotatable bonds is 5. The molecule has 3 heterocycles. The Morgan fingerprint density at radius 2 is 1.62 bits per heavy atom. The summed E-state index contributed by atoms with van der Waals surface area (Å²) in [6, 6.07) is 17.8. The lowest BCUT2D eigenvalue weighted by Gasteiger charge is -2.34. The molecular weight excluding hydrogens is 525 g/mol. The van der Waals surface area contributed by atoms with Gasteiger partial charge in [0.25, 0.3) is 0 Å². The topological polar surface area (TPSA) is 115 Å². The first-order valence-electron chi connectivity index (χ1n) is 12.5. The third-order valence-electron chi connectivity index (χ3n) is 6.63. The molecule has 0 radical (unpaired) electrons. The van der Waals surface area contributed by atoms with Gasteiger partial charge in [-0.1, -0.05) is 54.6 Å². The Labute approximate surface area is 227 Å². The first-order valence-corrected chi connectivity index (χ1v) is 12.5. The van der Waals surface area contributed by atoms with Gasteiger partial charge in [-0.3, -0.25) is 10.5 Å². The number of aromatic nitrogens is 3. The van der Waals surface area contributed by atoms with Crippen LogP contribution >= 0.6 is 0 Å². The summed E-state index contributed by atoms with van der Waals surface area (Å²) in [7, 11) is 0. The van der Waals surface area contributed by atoms with E-state index < -0.39 is 18.4 Å². The molecule has 4 aromatic rings. The largest absolute Gasteiger partial charge is 0.490 e. The Bertz CT molecular complexity index is 1540. The number of carbonyl (C=O) groups excluding carboxylic acids is 2. The van der Waals surface area contributed by atoms with Crippen molar-refractivity contribution in [2.75, 3.05) is 31.1 Å². The first kappa shape index (κ1) is 27.0. The fourth-order valence-corrected chi connectivity index (χ4v) is 4.47. The number of fused-ring (bicyclic) bond motifs is 1. The van der Waals surface area contributed by atoms with Crippen LogP contribution in [0.25, 0.3) is 33.4 Å². The molecule has 2 N–H and O–H groups in total. The third-order valence-corrected chi connectivity index (χ3v) is 6.63. The van der Waals surface area contributed by atoms with E-state index in [1.165, 1.54) is 12.1 Å². The van der Waals surface area contributed by atoms with Crippen LogP contribution < -0.4 is 10.6 Å². The number of piperazine rings is 1. The fourth-order valence-electron chi connectivity index (χ4n) is 4.47. The zero-order valence-electron chi connectivity index (χ0n) is 21.4. The summed E-state index contributed by atoms with van der Waals surface area (Å²) < 4.78 is 42.1. The molecule has 1 saturated heterocycles. The number of pyridine rings is 1. The molecule has 2 aromatic carbocycles. The Morgan fingerprint density at radius 1 is 0.950 bits per heavy atom. The summed E-state index contributed by atoms with van der Waals surface area (Å²) in [6.07, 6.45) is -5.01. The number of nitrogens with two attached hydrogens (primary N) is 1.